The summed E-state index contributed by atoms with van der Waals surface area (Å²) >= 11 is 0. The maximum absolute atomic E-state index is 13.5. The number of carboxylic acids is 1. The van der Waals surface area contributed by atoms with Crippen molar-refractivity contribution in [1.29, 1.82) is 0 Å². The number of benzene rings is 2. The van der Waals surface area contributed by atoms with E-state index in [1.54, 1.807) is 54.9 Å². The predicted molar refractivity (Wildman–Crippen MR) is 135 cm³/mol. The van der Waals surface area contributed by atoms with Crippen molar-refractivity contribution in [3.63, 3.8) is 0 Å². The van der Waals surface area contributed by atoms with Crippen molar-refractivity contribution in [1.82, 2.24) is 19.3 Å². The van der Waals surface area contributed by atoms with Crippen molar-refractivity contribution in [2.75, 3.05) is 6.61 Å². The van der Waals surface area contributed by atoms with Crippen LogP contribution in [0, 0.1) is 0 Å². The zero-order valence-corrected chi connectivity index (χ0v) is 19.4. The average molecular weight is 515 g/mol. The summed E-state index contributed by atoms with van der Waals surface area (Å²) in [6.07, 6.45) is 4.75. The first-order valence-electron chi connectivity index (χ1n) is 10.6. The molecule has 11 heteroatoms. The van der Waals surface area contributed by atoms with Crippen molar-refractivity contribution >= 4 is 45.5 Å². The van der Waals surface area contributed by atoms with Gasteiger partial charge in [0.2, 0.25) is 0 Å². The number of sulfonamides is 1. The van der Waals surface area contributed by atoms with Crippen molar-refractivity contribution in [3.8, 4) is 17.1 Å². The second-order valence-electron chi connectivity index (χ2n) is 7.54. The van der Waals surface area contributed by atoms with Gasteiger partial charge in [0.1, 0.15) is 5.75 Å². The number of rotatable bonds is 10. The Hall–Kier alpha value is -3.15. The standard InChI is InChI=1S/C25H22N4O5S.Na.H/c30-24(31)18-34-22-6-3-5-20(15-22)17-29(35(32,33)23-7-1-2-12-26-23)16-19-8-10-21(11-9-19)25-27-13-4-14-28-25;;/h1-15H,16-18H2,(H,30,31);;. The van der Waals surface area contributed by atoms with Gasteiger partial charge in [-0.25, -0.2) is 28.2 Å². The topological polar surface area (TPSA) is 123 Å². The molecule has 0 aliphatic carbocycles. The van der Waals surface area contributed by atoms with Gasteiger partial charge in [0.05, 0.1) is 0 Å². The van der Waals surface area contributed by atoms with Gasteiger partial charge < -0.3 is 9.84 Å². The molecule has 4 rings (SSSR count). The van der Waals surface area contributed by atoms with E-state index >= 15 is 0 Å². The summed E-state index contributed by atoms with van der Waals surface area (Å²) < 4.78 is 33.5. The van der Waals surface area contributed by atoms with Crippen LogP contribution in [0.4, 0.5) is 0 Å². The first kappa shape index (κ1) is 27.4. The Balaban J connectivity index is 0.00000361. The molecule has 9 nitrogen and oxygen atoms in total. The van der Waals surface area contributed by atoms with E-state index in [1.165, 1.54) is 16.6 Å². The third-order valence-corrected chi connectivity index (χ3v) is 6.71. The molecular formula is C25H23N4NaO5S. The van der Waals surface area contributed by atoms with E-state index in [2.05, 4.69) is 15.0 Å². The number of carbonyl (C=O) groups is 1. The summed E-state index contributed by atoms with van der Waals surface area (Å²) in [7, 11) is -3.94. The Bertz CT molecular complexity index is 1390. The van der Waals surface area contributed by atoms with Crippen LogP contribution in [0.2, 0.25) is 0 Å². The fourth-order valence-electron chi connectivity index (χ4n) is 3.35. The van der Waals surface area contributed by atoms with Crippen LogP contribution in [0.15, 0.2) is 96.4 Å². The van der Waals surface area contributed by atoms with Gasteiger partial charge >= 0.3 is 35.5 Å². The first-order chi connectivity index (χ1) is 16.9. The fourth-order valence-corrected chi connectivity index (χ4v) is 4.70. The van der Waals surface area contributed by atoms with Gasteiger partial charge in [-0.05, 0) is 41.5 Å². The van der Waals surface area contributed by atoms with Crippen molar-refractivity contribution < 1.29 is 23.1 Å². The van der Waals surface area contributed by atoms with Gasteiger partial charge in [0.25, 0.3) is 10.0 Å². The number of hydrogen-bond acceptors (Lipinski definition) is 7. The Labute approximate surface area is 231 Å². The number of hydrogen-bond donors (Lipinski definition) is 1. The molecule has 2 aromatic heterocycles. The van der Waals surface area contributed by atoms with Crippen LogP contribution < -0.4 is 4.74 Å². The normalized spacial score (nSPS) is 11.0. The van der Waals surface area contributed by atoms with Gasteiger partial charge in [-0.3, -0.25) is 0 Å². The second-order valence-corrected chi connectivity index (χ2v) is 9.43. The molecule has 0 aliphatic heterocycles. The molecule has 0 spiro atoms. The van der Waals surface area contributed by atoms with E-state index in [9.17, 15) is 13.2 Å². The number of aromatic nitrogens is 3. The number of carboxylic acid groups (broad SMARTS) is 1. The summed E-state index contributed by atoms with van der Waals surface area (Å²) in [6.45, 7) is -0.362. The van der Waals surface area contributed by atoms with E-state index in [4.69, 9.17) is 9.84 Å². The van der Waals surface area contributed by atoms with E-state index in [-0.39, 0.29) is 47.7 Å². The summed E-state index contributed by atoms with van der Waals surface area (Å²) in [6, 6.07) is 20.5. The summed E-state index contributed by atoms with van der Waals surface area (Å²) in [4.78, 5) is 23.3. The number of aliphatic carboxylic acids is 1. The Kier molecular flexibility index (Phi) is 9.68. The summed E-state index contributed by atoms with van der Waals surface area (Å²) in [5.41, 5.74) is 2.22. The zero-order valence-electron chi connectivity index (χ0n) is 18.6. The van der Waals surface area contributed by atoms with Crippen LogP contribution in [-0.4, -0.2) is 74.9 Å². The van der Waals surface area contributed by atoms with Gasteiger partial charge in [-0.2, -0.15) is 4.31 Å². The third kappa shape index (κ3) is 7.19. The van der Waals surface area contributed by atoms with Crippen molar-refractivity contribution in [3.05, 3.63) is 103 Å². The van der Waals surface area contributed by atoms with Crippen LogP contribution in [0.5, 0.6) is 5.75 Å². The monoisotopic (exact) mass is 514 g/mol. The zero-order chi connectivity index (χ0) is 24.7. The second kappa shape index (κ2) is 12.7. The minimum absolute atomic E-state index is 0. The molecule has 0 saturated heterocycles. The quantitative estimate of drug-likeness (QED) is 0.321. The molecule has 0 saturated carbocycles. The third-order valence-electron chi connectivity index (χ3n) is 5.00. The first-order valence-corrected chi connectivity index (χ1v) is 12.1. The van der Waals surface area contributed by atoms with Gasteiger partial charge in [-0.1, -0.05) is 42.5 Å². The molecule has 0 aliphatic rings. The molecule has 0 radical (unpaired) electrons. The molecule has 2 aromatic carbocycles. The molecule has 0 fully saturated rings. The Morgan fingerprint density at radius 1 is 0.833 bits per heavy atom. The molecule has 4 aromatic rings. The maximum atomic E-state index is 13.5. The Morgan fingerprint density at radius 3 is 2.19 bits per heavy atom. The molecular weight excluding hydrogens is 491 g/mol. The molecule has 0 unspecified atom stereocenters. The van der Waals surface area contributed by atoms with Crippen LogP contribution in [-0.2, 0) is 27.9 Å². The van der Waals surface area contributed by atoms with Crippen LogP contribution in [0.25, 0.3) is 11.4 Å². The van der Waals surface area contributed by atoms with Crippen LogP contribution in [0.1, 0.15) is 11.1 Å². The van der Waals surface area contributed by atoms with Crippen molar-refractivity contribution in [2.45, 2.75) is 18.1 Å². The average Bonchev–Trinajstić information content (AvgIpc) is 2.89. The molecule has 2 heterocycles. The molecule has 0 bridgehead atoms. The van der Waals surface area contributed by atoms with Gasteiger partial charge in [0, 0.05) is 37.2 Å². The van der Waals surface area contributed by atoms with E-state index < -0.39 is 22.6 Å². The predicted octanol–water partition coefficient (Wildman–Crippen LogP) is 2.74. The van der Waals surface area contributed by atoms with Gasteiger partial charge in [0.15, 0.2) is 17.5 Å². The SMILES string of the molecule is O=C(O)COc1cccc(CN(Cc2ccc(-c3ncccn3)cc2)S(=O)(=O)c2ccccn2)c1.[NaH]. The van der Waals surface area contributed by atoms with Crippen LogP contribution >= 0.6 is 0 Å². The van der Waals surface area contributed by atoms with E-state index in [0.717, 1.165) is 11.1 Å². The molecule has 0 atom stereocenters. The van der Waals surface area contributed by atoms with Crippen molar-refractivity contribution in [2.24, 2.45) is 0 Å². The molecule has 180 valence electrons. The number of ether oxygens (including phenoxy) is 1. The summed E-state index contributed by atoms with van der Waals surface area (Å²) in [5, 5.41) is 8.79. The summed E-state index contributed by atoms with van der Waals surface area (Å²) in [5.74, 6) is -0.179. The number of nitrogens with zero attached hydrogens (tertiary/aromatic N) is 4. The van der Waals surface area contributed by atoms with Gasteiger partial charge in [-0.15, -0.1) is 0 Å². The molecule has 1 N–H and O–H groups in total. The number of pyridine rings is 1. The van der Waals surface area contributed by atoms with E-state index in [1.807, 2.05) is 24.3 Å². The van der Waals surface area contributed by atoms with E-state index in [0.29, 0.717) is 17.1 Å². The van der Waals surface area contributed by atoms with Crippen LogP contribution in [0.3, 0.4) is 0 Å². The molecule has 36 heavy (non-hydrogen) atoms. The minimum atomic E-state index is -3.94. The fraction of sp³-hybridized carbons (Fsp3) is 0.120. The Morgan fingerprint density at radius 2 is 1.53 bits per heavy atom. The molecule has 0 amide bonds.